The van der Waals surface area contributed by atoms with E-state index in [1.807, 2.05) is 0 Å². The van der Waals surface area contributed by atoms with Crippen molar-refractivity contribution in [3.05, 3.63) is 27.7 Å². The molecule has 2 rings (SSSR count). The van der Waals surface area contributed by atoms with Gasteiger partial charge in [0.15, 0.2) is 0 Å². The van der Waals surface area contributed by atoms with Crippen molar-refractivity contribution in [1.29, 1.82) is 0 Å². The highest BCUT2D eigenvalue weighted by Gasteiger charge is 2.26. The number of sulfonamides is 1. The Kier molecular flexibility index (Phi) is 6.56. The SMILES string of the molecule is O=S(=O)(NCC1CCCCC1CBr)c1ccc(Cl)c(Br)c1. The van der Waals surface area contributed by atoms with Crippen molar-refractivity contribution in [2.45, 2.75) is 30.6 Å². The van der Waals surface area contributed by atoms with Crippen LogP contribution in [0.25, 0.3) is 0 Å². The first-order valence-corrected chi connectivity index (χ1v) is 10.7. The van der Waals surface area contributed by atoms with Crippen LogP contribution in [-0.4, -0.2) is 20.3 Å². The van der Waals surface area contributed by atoms with Crippen LogP contribution >= 0.6 is 43.5 Å². The Morgan fingerprint density at radius 3 is 2.52 bits per heavy atom. The third-order valence-corrected chi connectivity index (χ3v) is 7.47. The highest BCUT2D eigenvalue weighted by molar-refractivity contribution is 9.10. The fourth-order valence-electron chi connectivity index (χ4n) is 2.70. The van der Waals surface area contributed by atoms with E-state index in [1.165, 1.54) is 31.4 Å². The largest absolute Gasteiger partial charge is 0.240 e. The molecular weight excluding hydrogens is 441 g/mol. The zero-order valence-electron chi connectivity index (χ0n) is 11.5. The van der Waals surface area contributed by atoms with Gasteiger partial charge in [0.2, 0.25) is 10.0 Å². The van der Waals surface area contributed by atoms with Crippen molar-refractivity contribution in [2.24, 2.45) is 11.8 Å². The smallest absolute Gasteiger partial charge is 0.211 e. The fraction of sp³-hybridized carbons (Fsp3) is 0.571. The summed E-state index contributed by atoms with van der Waals surface area (Å²) < 4.78 is 28.0. The summed E-state index contributed by atoms with van der Waals surface area (Å²) >= 11 is 12.7. The van der Waals surface area contributed by atoms with Gasteiger partial charge in [-0.1, -0.05) is 40.4 Å². The van der Waals surface area contributed by atoms with Gasteiger partial charge in [-0.15, -0.1) is 0 Å². The molecule has 2 atom stereocenters. The maximum Gasteiger partial charge on any atom is 0.240 e. The van der Waals surface area contributed by atoms with Crippen LogP contribution in [-0.2, 0) is 10.0 Å². The third-order valence-electron chi connectivity index (χ3n) is 4.00. The average Bonchev–Trinajstić information content (AvgIpc) is 2.48. The second kappa shape index (κ2) is 7.77. The molecule has 0 spiro atoms. The van der Waals surface area contributed by atoms with Gasteiger partial charge in [0.1, 0.15) is 0 Å². The minimum atomic E-state index is -3.48. The quantitative estimate of drug-likeness (QED) is 0.655. The Labute approximate surface area is 148 Å². The summed E-state index contributed by atoms with van der Waals surface area (Å²) in [5.74, 6) is 0.960. The topological polar surface area (TPSA) is 46.2 Å². The monoisotopic (exact) mass is 457 g/mol. The summed E-state index contributed by atoms with van der Waals surface area (Å²) in [7, 11) is -3.48. The van der Waals surface area contributed by atoms with E-state index in [-0.39, 0.29) is 4.90 Å². The highest BCUT2D eigenvalue weighted by atomic mass is 79.9. The maximum atomic E-state index is 12.3. The van der Waals surface area contributed by atoms with Crippen LogP contribution in [0.1, 0.15) is 25.7 Å². The molecule has 0 amide bonds. The number of hydrogen-bond acceptors (Lipinski definition) is 2. The van der Waals surface area contributed by atoms with Crippen molar-refractivity contribution in [2.75, 3.05) is 11.9 Å². The van der Waals surface area contributed by atoms with Crippen molar-refractivity contribution in [3.63, 3.8) is 0 Å². The van der Waals surface area contributed by atoms with E-state index in [0.29, 0.717) is 27.9 Å². The average molecular weight is 460 g/mol. The molecule has 1 saturated carbocycles. The summed E-state index contributed by atoms with van der Waals surface area (Å²) in [4.78, 5) is 0.241. The molecule has 0 aromatic heterocycles. The number of hydrogen-bond donors (Lipinski definition) is 1. The molecule has 1 N–H and O–H groups in total. The molecule has 0 saturated heterocycles. The van der Waals surface area contributed by atoms with Crippen LogP contribution in [0.15, 0.2) is 27.6 Å². The van der Waals surface area contributed by atoms with Gasteiger partial charge in [-0.25, -0.2) is 13.1 Å². The van der Waals surface area contributed by atoms with Crippen molar-refractivity contribution >= 4 is 53.5 Å². The minimum Gasteiger partial charge on any atom is -0.211 e. The molecule has 1 aromatic carbocycles. The molecule has 1 aliphatic rings. The lowest BCUT2D eigenvalue weighted by Crippen LogP contribution is -2.34. The molecule has 0 radical (unpaired) electrons. The number of nitrogens with one attached hydrogen (secondary N) is 1. The van der Waals surface area contributed by atoms with Crippen LogP contribution < -0.4 is 4.72 Å². The van der Waals surface area contributed by atoms with Crippen LogP contribution in [0.3, 0.4) is 0 Å². The molecule has 2 unspecified atom stereocenters. The normalized spacial score (nSPS) is 23.2. The lowest BCUT2D eigenvalue weighted by atomic mass is 9.80. The van der Waals surface area contributed by atoms with Gasteiger partial charge in [0.25, 0.3) is 0 Å². The van der Waals surface area contributed by atoms with Gasteiger partial charge in [-0.05, 0) is 58.8 Å². The molecule has 1 aromatic rings. The van der Waals surface area contributed by atoms with Crippen LogP contribution in [0.2, 0.25) is 5.02 Å². The lowest BCUT2D eigenvalue weighted by molar-refractivity contribution is 0.263. The fourth-order valence-corrected chi connectivity index (χ4v) is 5.32. The number of halogens is 3. The Bertz CT molecular complexity index is 595. The van der Waals surface area contributed by atoms with Crippen LogP contribution in [0.4, 0.5) is 0 Å². The first kappa shape index (κ1) is 17.7. The predicted octanol–water partition coefficient (Wildman–Crippen LogP) is 4.58. The molecule has 7 heteroatoms. The van der Waals surface area contributed by atoms with E-state index < -0.39 is 10.0 Å². The molecule has 3 nitrogen and oxygen atoms in total. The number of benzene rings is 1. The van der Waals surface area contributed by atoms with E-state index >= 15 is 0 Å². The standard InChI is InChI=1S/C14H18Br2ClNO2S/c15-8-10-3-1-2-4-11(10)9-18-21(19,20)12-5-6-14(17)13(16)7-12/h5-7,10-11,18H,1-4,8-9H2. The van der Waals surface area contributed by atoms with Crippen molar-refractivity contribution in [1.82, 2.24) is 4.72 Å². The second-order valence-corrected chi connectivity index (χ2v) is 9.06. The maximum absolute atomic E-state index is 12.3. The van der Waals surface area contributed by atoms with Gasteiger partial charge < -0.3 is 0 Å². The molecule has 118 valence electrons. The van der Waals surface area contributed by atoms with Gasteiger partial charge in [0.05, 0.1) is 9.92 Å². The first-order chi connectivity index (χ1) is 9.94. The molecule has 1 fully saturated rings. The third kappa shape index (κ3) is 4.67. The number of rotatable bonds is 5. The van der Waals surface area contributed by atoms with Gasteiger partial charge in [-0.3, -0.25) is 0 Å². The van der Waals surface area contributed by atoms with Gasteiger partial charge >= 0.3 is 0 Å². The summed E-state index contributed by atoms with van der Waals surface area (Å²) in [6.45, 7) is 0.499. The summed E-state index contributed by atoms with van der Waals surface area (Å²) in [6, 6.07) is 4.65. The molecule has 0 aliphatic heterocycles. The Hall–Kier alpha value is 0.380. The van der Waals surface area contributed by atoms with E-state index in [9.17, 15) is 8.42 Å². The first-order valence-electron chi connectivity index (χ1n) is 6.94. The van der Waals surface area contributed by atoms with E-state index in [4.69, 9.17) is 11.6 Å². The summed E-state index contributed by atoms with van der Waals surface area (Å²) in [5, 5.41) is 1.44. The molecule has 0 bridgehead atoms. The van der Waals surface area contributed by atoms with E-state index in [2.05, 4.69) is 36.6 Å². The van der Waals surface area contributed by atoms with E-state index in [1.54, 1.807) is 6.07 Å². The minimum absolute atomic E-state index is 0.241. The van der Waals surface area contributed by atoms with Crippen molar-refractivity contribution in [3.8, 4) is 0 Å². The van der Waals surface area contributed by atoms with E-state index in [0.717, 1.165) is 11.8 Å². The molecule has 0 heterocycles. The zero-order valence-corrected chi connectivity index (χ0v) is 16.2. The van der Waals surface area contributed by atoms with Gasteiger partial charge in [-0.2, -0.15) is 0 Å². The second-order valence-electron chi connectivity index (χ2n) is 5.39. The predicted molar refractivity (Wildman–Crippen MR) is 93.6 cm³/mol. The van der Waals surface area contributed by atoms with Crippen molar-refractivity contribution < 1.29 is 8.42 Å². The molecular formula is C14H18Br2ClNO2S. The highest BCUT2D eigenvalue weighted by Crippen LogP contribution is 2.31. The molecule has 21 heavy (non-hydrogen) atoms. The van der Waals surface area contributed by atoms with Crippen LogP contribution in [0.5, 0.6) is 0 Å². The Balaban J connectivity index is 2.05. The zero-order chi connectivity index (χ0) is 15.5. The Morgan fingerprint density at radius 1 is 1.24 bits per heavy atom. The van der Waals surface area contributed by atoms with Crippen LogP contribution in [0, 0.1) is 11.8 Å². The molecule has 1 aliphatic carbocycles. The van der Waals surface area contributed by atoms with Gasteiger partial charge in [0, 0.05) is 16.3 Å². The summed E-state index contributed by atoms with van der Waals surface area (Å²) in [6.07, 6.45) is 4.68. The summed E-state index contributed by atoms with van der Waals surface area (Å²) in [5.41, 5.74) is 0. The number of alkyl halides is 1. The Morgan fingerprint density at radius 2 is 1.90 bits per heavy atom. The lowest BCUT2D eigenvalue weighted by Gasteiger charge is -2.30.